The molecular weight excluding hydrogens is 296 g/mol. The first-order valence-electron chi connectivity index (χ1n) is 7.13. The van der Waals surface area contributed by atoms with Crippen LogP contribution in [0.2, 0.25) is 0 Å². The fourth-order valence-electron chi connectivity index (χ4n) is 2.06. The van der Waals surface area contributed by atoms with E-state index in [-0.39, 0.29) is 0 Å². The van der Waals surface area contributed by atoms with E-state index in [4.69, 9.17) is 18.3 Å². The van der Waals surface area contributed by atoms with Gasteiger partial charge in [-0.25, -0.2) is 9.97 Å². The van der Waals surface area contributed by atoms with Gasteiger partial charge in [0.1, 0.15) is 22.5 Å². The lowest BCUT2D eigenvalue weighted by Gasteiger charge is -2.00. The van der Waals surface area contributed by atoms with Crippen LogP contribution in [0.4, 0.5) is 0 Å². The lowest BCUT2D eigenvalue weighted by molar-refractivity contribution is 0.340. The normalized spacial score (nSPS) is 10.3. The van der Waals surface area contributed by atoms with E-state index in [1.54, 1.807) is 7.11 Å². The fourth-order valence-corrected chi connectivity index (χ4v) is 2.06. The molecule has 6 nitrogen and oxygen atoms in total. The summed E-state index contributed by atoms with van der Waals surface area (Å²) < 4.78 is 20.4. The highest BCUT2D eigenvalue weighted by Gasteiger charge is 1.99. The SMILES string of the molecule is CCOc1ccc2ocnc2c1.COc1ccc2ocnc2c1. The molecule has 0 N–H and O–H groups in total. The molecule has 0 amide bonds. The average molecular weight is 312 g/mol. The number of hydrogen-bond donors (Lipinski definition) is 0. The Hall–Kier alpha value is -3.02. The third-order valence-corrected chi connectivity index (χ3v) is 3.15. The van der Waals surface area contributed by atoms with Crippen molar-refractivity contribution >= 4 is 22.2 Å². The molecule has 0 unspecified atom stereocenters. The van der Waals surface area contributed by atoms with Gasteiger partial charge < -0.3 is 18.3 Å². The van der Waals surface area contributed by atoms with Crippen molar-refractivity contribution in [2.75, 3.05) is 13.7 Å². The van der Waals surface area contributed by atoms with Crippen LogP contribution < -0.4 is 9.47 Å². The molecule has 0 spiro atoms. The maximum Gasteiger partial charge on any atom is 0.181 e. The third kappa shape index (κ3) is 3.42. The highest BCUT2D eigenvalue weighted by molar-refractivity contribution is 5.74. The molecule has 0 aliphatic rings. The molecule has 0 radical (unpaired) electrons. The highest BCUT2D eigenvalue weighted by atomic mass is 16.5. The molecule has 2 heterocycles. The van der Waals surface area contributed by atoms with E-state index in [0.717, 1.165) is 33.7 Å². The highest BCUT2D eigenvalue weighted by Crippen LogP contribution is 2.19. The summed E-state index contributed by atoms with van der Waals surface area (Å²) in [5.74, 6) is 1.63. The van der Waals surface area contributed by atoms with Crippen LogP contribution in [0, 0.1) is 0 Å². The fraction of sp³-hybridized carbons (Fsp3) is 0.176. The predicted octanol–water partition coefficient (Wildman–Crippen LogP) is 4.06. The van der Waals surface area contributed by atoms with E-state index < -0.39 is 0 Å². The molecule has 0 bridgehead atoms. The van der Waals surface area contributed by atoms with Gasteiger partial charge in [0.25, 0.3) is 0 Å². The van der Waals surface area contributed by atoms with Gasteiger partial charge in [-0.3, -0.25) is 0 Å². The molecule has 0 saturated heterocycles. The zero-order chi connectivity index (χ0) is 16.1. The standard InChI is InChI=1S/C9H9NO2.C8H7NO2/c1-2-11-7-3-4-9-8(5-7)10-6-12-9;1-10-6-2-3-8-7(4-6)9-5-11-8/h3-6H,2H2,1H3;2-5H,1H3. The Morgan fingerprint density at radius 3 is 2.00 bits per heavy atom. The molecule has 4 rings (SSSR count). The van der Waals surface area contributed by atoms with Gasteiger partial charge in [0.05, 0.1) is 13.7 Å². The van der Waals surface area contributed by atoms with E-state index in [9.17, 15) is 0 Å². The summed E-state index contributed by atoms with van der Waals surface area (Å²) in [5, 5.41) is 0. The molecule has 118 valence electrons. The van der Waals surface area contributed by atoms with Crippen LogP contribution in [0.25, 0.3) is 22.2 Å². The Morgan fingerprint density at radius 2 is 1.43 bits per heavy atom. The summed E-state index contributed by atoms with van der Waals surface area (Å²) in [4.78, 5) is 8.00. The summed E-state index contributed by atoms with van der Waals surface area (Å²) >= 11 is 0. The minimum Gasteiger partial charge on any atom is -0.497 e. The summed E-state index contributed by atoms with van der Waals surface area (Å²) in [6, 6.07) is 11.1. The zero-order valence-electron chi connectivity index (χ0n) is 12.9. The van der Waals surface area contributed by atoms with E-state index >= 15 is 0 Å². The first-order chi connectivity index (χ1) is 11.3. The van der Waals surface area contributed by atoms with Gasteiger partial charge in [-0.05, 0) is 31.2 Å². The molecule has 0 aliphatic carbocycles. The Kier molecular flexibility index (Phi) is 4.42. The molecule has 0 saturated carbocycles. The lowest BCUT2D eigenvalue weighted by Crippen LogP contribution is -1.90. The second-order valence-corrected chi connectivity index (χ2v) is 4.60. The number of methoxy groups -OCH3 is 1. The van der Waals surface area contributed by atoms with Gasteiger partial charge in [-0.2, -0.15) is 0 Å². The van der Waals surface area contributed by atoms with Gasteiger partial charge in [0, 0.05) is 12.1 Å². The summed E-state index contributed by atoms with van der Waals surface area (Å²) in [7, 11) is 1.63. The monoisotopic (exact) mass is 312 g/mol. The van der Waals surface area contributed by atoms with Crippen LogP contribution in [0.1, 0.15) is 6.92 Å². The smallest absolute Gasteiger partial charge is 0.181 e. The van der Waals surface area contributed by atoms with Crippen LogP contribution in [-0.4, -0.2) is 23.7 Å². The minimum absolute atomic E-state index is 0.670. The maximum absolute atomic E-state index is 5.30. The summed E-state index contributed by atoms with van der Waals surface area (Å²) in [6.45, 7) is 2.62. The van der Waals surface area contributed by atoms with E-state index in [1.807, 2.05) is 43.3 Å². The van der Waals surface area contributed by atoms with Crippen molar-refractivity contribution in [2.24, 2.45) is 0 Å². The molecule has 0 aliphatic heterocycles. The zero-order valence-corrected chi connectivity index (χ0v) is 12.9. The molecule has 4 aromatic rings. The molecular formula is C17H16N2O4. The summed E-state index contributed by atoms with van der Waals surface area (Å²) in [6.07, 6.45) is 2.85. The minimum atomic E-state index is 0.670. The van der Waals surface area contributed by atoms with Crippen molar-refractivity contribution in [3.63, 3.8) is 0 Å². The van der Waals surface area contributed by atoms with Gasteiger partial charge in [0.15, 0.2) is 24.0 Å². The van der Waals surface area contributed by atoms with Crippen LogP contribution in [-0.2, 0) is 0 Å². The van der Waals surface area contributed by atoms with Crippen LogP contribution >= 0.6 is 0 Å². The average Bonchev–Trinajstić information content (AvgIpc) is 3.23. The second kappa shape index (κ2) is 6.83. The van der Waals surface area contributed by atoms with Crippen molar-refractivity contribution in [3.8, 4) is 11.5 Å². The molecule has 2 aromatic heterocycles. The van der Waals surface area contributed by atoms with Crippen LogP contribution in [0.5, 0.6) is 11.5 Å². The molecule has 23 heavy (non-hydrogen) atoms. The molecule has 2 aromatic carbocycles. The number of aromatic nitrogens is 2. The first kappa shape index (κ1) is 14.9. The van der Waals surface area contributed by atoms with Gasteiger partial charge >= 0.3 is 0 Å². The van der Waals surface area contributed by atoms with Gasteiger partial charge in [-0.15, -0.1) is 0 Å². The Labute approximate surface area is 132 Å². The number of oxazole rings is 2. The van der Waals surface area contributed by atoms with Gasteiger partial charge in [-0.1, -0.05) is 0 Å². The number of hydrogen-bond acceptors (Lipinski definition) is 6. The number of rotatable bonds is 3. The van der Waals surface area contributed by atoms with E-state index in [0.29, 0.717) is 6.61 Å². The van der Waals surface area contributed by atoms with Crippen molar-refractivity contribution in [2.45, 2.75) is 6.92 Å². The van der Waals surface area contributed by atoms with Crippen LogP contribution in [0.3, 0.4) is 0 Å². The molecule has 0 fully saturated rings. The second-order valence-electron chi connectivity index (χ2n) is 4.60. The Morgan fingerprint density at radius 1 is 0.870 bits per heavy atom. The number of ether oxygens (including phenoxy) is 2. The van der Waals surface area contributed by atoms with E-state index in [1.165, 1.54) is 12.8 Å². The Bertz CT molecular complexity index is 898. The number of nitrogens with zero attached hydrogens (tertiary/aromatic N) is 2. The third-order valence-electron chi connectivity index (χ3n) is 3.15. The van der Waals surface area contributed by atoms with Crippen molar-refractivity contribution in [1.29, 1.82) is 0 Å². The van der Waals surface area contributed by atoms with Crippen molar-refractivity contribution in [3.05, 3.63) is 49.2 Å². The van der Waals surface area contributed by atoms with E-state index in [2.05, 4.69) is 9.97 Å². The molecule has 6 heteroatoms. The molecule has 0 atom stereocenters. The quantitative estimate of drug-likeness (QED) is 0.568. The first-order valence-corrected chi connectivity index (χ1v) is 7.13. The maximum atomic E-state index is 5.30. The van der Waals surface area contributed by atoms with Crippen LogP contribution in [0.15, 0.2) is 58.0 Å². The van der Waals surface area contributed by atoms with Crippen molar-refractivity contribution < 1.29 is 18.3 Å². The Balaban J connectivity index is 0.000000136. The largest absolute Gasteiger partial charge is 0.497 e. The predicted molar refractivity (Wildman–Crippen MR) is 85.7 cm³/mol. The number of benzene rings is 2. The topological polar surface area (TPSA) is 70.5 Å². The van der Waals surface area contributed by atoms with Gasteiger partial charge in [0.2, 0.25) is 0 Å². The van der Waals surface area contributed by atoms with Crippen molar-refractivity contribution in [1.82, 2.24) is 9.97 Å². The lowest BCUT2D eigenvalue weighted by atomic mass is 10.3. The summed E-state index contributed by atoms with van der Waals surface area (Å²) in [5.41, 5.74) is 3.23. The number of fused-ring (bicyclic) bond motifs is 2.